The van der Waals surface area contributed by atoms with Crippen LogP contribution >= 0.6 is 0 Å². The Morgan fingerprint density at radius 1 is 1.39 bits per heavy atom. The van der Waals surface area contributed by atoms with E-state index in [0.717, 1.165) is 50.9 Å². The van der Waals surface area contributed by atoms with Gasteiger partial charge in [-0.3, -0.25) is 0 Å². The topological polar surface area (TPSA) is 59.5 Å². The number of nitrogens with one attached hydrogen (secondary N) is 1. The molecule has 1 saturated heterocycles. The van der Waals surface area contributed by atoms with Gasteiger partial charge in [-0.25, -0.2) is 9.97 Å². The fourth-order valence-corrected chi connectivity index (χ4v) is 1.92. The van der Waals surface area contributed by atoms with Crippen LogP contribution in [0.25, 0.3) is 0 Å². The molecule has 1 aromatic heterocycles. The summed E-state index contributed by atoms with van der Waals surface area (Å²) in [5.74, 6) is 2.32. The van der Waals surface area contributed by atoms with E-state index >= 15 is 0 Å². The van der Waals surface area contributed by atoms with Crippen LogP contribution in [0.4, 0.5) is 11.6 Å². The highest BCUT2D eigenvalue weighted by Crippen LogP contribution is 2.32. The van der Waals surface area contributed by atoms with Gasteiger partial charge in [0.2, 0.25) is 5.75 Å². The third-order valence-corrected chi connectivity index (χ3v) is 2.84. The summed E-state index contributed by atoms with van der Waals surface area (Å²) in [5.41, 5.74) is 0. The van der Waals surface area contributed by atoms with Gasteiger partial charge in [-0.15, -0.1) is 0 Å². The number of morpholine rings is 1. The third kappa shape index (κ3) is 2.81. The predicted molar refractivity (Wildman–Crippen MR) is 70.4 cm³/mol. The number of nitrogens with zero attached hydrogens (tertiary/aromatic N) is 3. The van der Waals surface area contributed by atoms with Crippen molar-refractivity contribution in [1.29, 1.82) is 0 Å². The molecule has 100 valence electrons. The van der Waals surface area contributed by atoms with Crippen molar-refractivity contribution < 1.29 is 9.47 Å². The maximum Gasteiger partial charge on any atom is 0.204 e. The van der Waals surface area contributed by atoms with E-state index in [0.29, 0.717) is 5.75 Å². The normalized spacial score (nSPS) is 15.6. The van der Waals surface area contributed by atoms with Gasteiger partial charge < -0.3 is 19.7 Å². The zero-order chi connectivity index (χ0) is 12.8. The molecule has 0 spiro atoms. The summed E-state index contributed by atoms with van der Waals surface area (Å²) in [5, 5.41) is 3.26. The first-order chi connectivity index (χ1) is 8.86. The molecule has 6 heteroatoms. The van der Waals surface area contributed by atoms with Crippen LogP contribution in [0.15, 0.2) is 6.33 Å². The molecule has 1 aliphatic heterocycles. The van der Waals surface area contributed by atoms with E-state index in [9.17, 15) is 0 Å². The summed E-state index contributed by atoms with van der Waals surface area (Å²) in [7, 11) is 1.65. The van der Waals surface area contributed by atoms with E-state index < -0.39 is 0 Å². The van der Waals surface area contributed by atoms with Gasteiger partial charge in [0.15, 0.2) is 11.6 Å². The van der Waals surface area contributed by atoms with E-state index in [1.54, 1.807) is 13.4 Å². The van der Waals surface area contributed by atoms with Crippen LogP contribution < -0.4 is 15.0 Å². The zero-order valence-electron chi connectivity index (χ0n) is 11.0. The second-order valence-electron chi connectivity index (χ2n) is 4.11. The number of aromatic nitrogens is 2. The van der Waals surface area contributed by atoms with Crippen molar-refractivity contribution in [3.05, 3.63) is 6.33 Å². The molecule has 18 heavy (non-hydrogen) atoms. The molecule has 0 amide bonds. The van der Waals surface area contributed by atoms with Crippen molar-refractivity contribution in [2.75, 3.05) is 50.2 Å². The second-order valence-corrected chi connectivity index (χ2v) is 4.11. The Hall–Kier alpha value is -1.56. The zero-order valence-corrected chi connectivity index (χ0v) is 11.0. The van der Waals surface area contributed by atoms with Crippen molar-refractivity contribution in [2.45, 2.75) is 13.3 Å². The van der Waals surface area contributed by atoms with Crippen molar-refractivity contribution >= 4 is 11.6 Å². The molecule has 1 fully saturated rings. The minimum atomic E-state index is 0.716. The van der Waals surface area contributed by atoms with Crippen LogP contribution in [0.3, 0.4) is 0 Å². The molecule has 1 aromatic rings. The van der Waals surface area contributed by atoms with E-state index in [1.165, 1.54) is 0 Å². The number of hydrogen-bond donors (Lipinski definition) is 1. The summed E-state index contributed by atoms with van der Waals surface area (Å²) in [6.45, 7) is 6.11. The SMILES string of the molecule is CCCNc1ncnc(N2CCOCC2)c1OC. The molecule has 2 heterocycles. The van der Waals surface area contributed by atoms with Gasteiger partial charge in [-0.1, -0.05) is 6.92 Å². The molecule has 1 aliphatic rings. The minimum Gasteiger partial charge on any atom is -0.490 e. The molecule has 6 nitrogen and oxygen atoms in total. The molecular formula is C12H20N4O2. The number of ether oxygens (including phenoxy) is 2. The average Bonchev–Trinajstić information content (AvgIpc) is 2.45. The Bertz CT molecular complexity index is 380. The average molecular weight is 252 g/mol. The highest BCUT2D eigenvalue weighted by molar-refractivity contribution is 5.64. The largest absolute Gasteiger partial charge is 0.490 e. The summed E-state index contributed by atoms with van der Waals surface area (Å²) in [6.07, 6.45) is 2.62. The third-order valence-electron chi connectivity index (χ3n) is 2.84. The smallest absolute Gasteiger partial charge is 0.204 e. The van der Waals surface area contributed by atoms with Gasteiger partial charge in [0.05, 0.1) is 20.3 Å². The fourth-order valence-electron chi connectivity index (χ4n) is 1.92. The lowest BCUT2D eigenvalue weighted by Gasteiger charge is -2.29. The highest BCUT2D eigenvalue weighted by atomic mass is 16.5. The van der Waals surface area contributed by atoms with E-state index in [1.807, 2.05) is 0 Å². The molecule has 1 N–H and O–H groups in total. The molecule has 0 saturated carbocycles. The molecule has 0 radical (unpaired) electrons. The quantitative estimate of drug-likeness (QED) is 0.848. The number of hydrogen-bond acceptors (Lipinski definition) is 6. The van der Waals surface area contributed by atoms with Gasteiger partial charge in [0.1, 0.15) is 6.33 Å². The van der Waals surface area contributed by atoms with Crippen molar-refractivity contribution in [3.8, 4) is 5.75 Å². The number of anilines is 2. The van der Waals surface area contributed by atoms with Crippen LogP contribution in [0.5, 0.6) is 5.75 Å². The lowest BCUT2D eigenvalue weighted by atomic mass is 10.3. The Labute approximate surface area is 107 Å². The van der Waals surface area contributed by atoms with Gasteiger partial charge in [0.25, 0.3) is 0 Å². The van der Waals surface area contributed by atoms with Crippen LogP contribution in [-0.4, -0.2) is 49.9 Å². The maximum absolute atomic E-state index is 5.46. The van der Waals surface area contributed by atoms with Gasteiger partial charge >= 0.3 is 0 Å². The Morgan fingerprint density at radius 3 is 2.83 bits per heavy atom. The van der Waals surface area contributed by atoms with Crippen molar-refractivity contribution in [3.63, 3.8) is 0 Å². The van der Waals surface area contributed by atoms with E-state index in [-0.39, 0.29) is 0 Å². The molecule has 0 aromatic carbocycles. The molecule has 0 unspecified atom stereocenters. The Kier molecular flexibility index (Phi) is 4.58. The lowest BCUT2D eigenvalue weighted by molar-refractivity contribution is 0.122. The first kappa shape index (κ1) is 12.9. The van der Waals surface area contributed by atoms with E-state index in [4.69, 9.17) is 9.47 Å². The summed E-state index contributed by atoms with van der Waals surface area (Å²) < 4.78 is 10.8. The van der Waals surface area contributed by atoms with Crippen LogP contribution in [0.1, 0.15) is 13.3 Å². The minimum absolute atomic E-state index is 0.716. The summed E-state index contributed by atoms with van der Waals surface area (Å²) in [4.78, 5) is 10.7. The fraction of sp³-hybridized carbons (Fsp3) is 0.667. The van der Waals surface area contributed by atoms with Gasteiger partial charge in [-0.2, -0.15) is 0 Å². The molecular weight excluding hydrogens is 232 g/mol. The highest BCUT2D eigenvalue weighted by Gasteiger charge is 2.19. The monoisotopic (exact) mass is 252 g/mol. The summed E-state index contributed by atoms with van der Waals surface area (Å²) >= 11 is 0. The van der Waals surface area contributed by atoms with Gasteiger partial charge in [0, 0.05) is 19.6 Å². The van der Waals surface area contributed by atoms with Crippen molar-refractivity contribution in [1.82, 2.24) is 9.97 Å². The summed E-state index contributed by atoms with van der Waals surface area (Å²) in [6, 6.07) is 0. The van der Waals surface area contributed by atoms with E-state index in [2.05, 4.69) is 27.1 Å². The molecule has 0 aliphatic carbocycles. The standard InChI is InChI=1S/C12H20N4O2/c1-3-4-13-11-10(17-2)12(15-9-14-11)16-5-7-18-8-6-16/h9H,3-8H2,1-2H3,(H,13,14,15). The molecule has 0 bridgehead atoms. The lowest BCUT2D eigenvalue weighted by Crippen LogP contribution is -2.37. The van der Waals surface area contributed by atoms with Crippen LogP contribution in [0, 0.1) is 0 Å². The number of methoxy groups -OCH3 is 1. The van der Waals surface area contributed by atoms with Gasteiger partial charge in [-0.05, 0) is 6.42 Å². The van der Waals surface area contributed by atoms with Crippen LogP contribution in [0.2, 0.25) is 0 Å². The first-order valence-corrected chi connectivity index (χ1v) is 6.32. The Morgan fingerprint density at radius 2 is 2.17 bits per heavy atom. The molecule has 2 rings (SSSR count). The predicted octanol–water partition coefficient (Wildman–Crippen LogP) is 1.14. The molecule has 0 atom stereocenters. The Balaban J connectivity index is 2.22. The first-order valence-electron chi connectivity index (χ1n) is 6.32. The van der Waals surface area contributed by atoms with Crippen molar-refractivity contribution in [2.24, 2.45) is 0 Å². The maximum atomic E-state index is 5.46. The van der Waals surface area contributed by atoms with Crippen LogP contribution in [-0.2, 0) is 4.74 Å². The second kappa shape index (κ2) is 6.39. The number of rotatable bonds is 5.